The van der Waals surface area contributed by atoms with Crippen LogP contribution in [0.2, 0.25) is 0 Å². The molecule has 6 heteroatoms. The van der Waals surface area contributed by atoms with E-state index in [1.807, 2.05) is 13.0 Å². The number of nitrogens with two attached hydrogens (primary N) is 1. The molecule has 2 aromatic rings. The van der Waals surface area contributed by atoms with Gasteiger partial charge in [0.1, 0.15) is 5.69 Å². The maximum Gasteiger partial charge on any atom is 0.306 e. The van der Waals surface area contributed by atoms with E-state index < -0.39 is 11.9 Å². The molecule has 28 heavy (non-hydrogen) atoms. The van der Waals surface area contributed by atoms with Crippen molar-refractivity contribution in [2.75, 3.05) is 0 Å². The van der Waals surface area contributed by atoms with Crippen LogP contribution in [-0.2, 0) is 16.6 Å². The average Bonchev–Trinajstić information content (AvgIpc) is 2.99. The first-order chi connectivity index (χ1) is 13.3. The summed E-state index contributed by atoms with van der Waals surface area (Å²) in [6, 6.07) is 6.38. The summed E-state index contributed by atoms with van der Waals surface area (Å²) in [6.45, 7) is 3.63. The van der Waals surface area contributed by atoms with Gasteiger partial charge in [-0.3, -0.25) is 14.6 Å². The Morgan fingerprint density at radius 1 is 1.11 bits per heavy atom. The number of aryl methyl sites for hydroxylation is 3. The molecule has 1 amide bonds. The largest absolute Gasteiger partial charge is 0.481 e. The molecule has 146 valence electrons. The molecule has 1 fully saturated rings. The molecule has 0 atom stereocenters. The highest BCUT2D eigenvalue weighted by Crippen LogP contribution is 2.50. The Labute approximate surface area is 164 Å². The third kappa shape index (κ3) is 2.97. The minimum Gasteiger partial charge on any atom is -0.481 e. The van der Waals surface area contributed by atoms with Crippen molar-refractivity contribution in [1.82, 2.24) is 9.97 Å². The molecule has 0 aliphatic heterocycles. The Balaban J connectivity index is 1.68. The number of rotatable bonds is 3. The average molecular weight is 379 g/mol. The second kappa shape index (κ2) is 6.69. The minimum absolute atomic E-state index is 0.117. The number of carbonyl (C=O) groups excluding carboxylic acids is 1. The maximum absolute atomic E-state index is 11.7. The van der Waals surface area contributed by atoms with Crippen molar-refractivity contribution in [3.63, 3.8) is 0 Å². The van der Waals surface area contributed by atoms with Gasteiger partial charge in [0.15, 0.2) is 0 Å². The van der Waals surface area contributed by atoms with Gasteiger partial charge in [0.05, 0.1) is 23.0 Å². The van der Waals surface area contributed by atoms with Crippen LogP contribution in [0.15, 0.2) is 18.2 Å². The molecule has 0 bridgehead atoms. The Morgan fingerprint density at radius 2 is 1.82 bits per heavy atom. The molecule has 4 rings (SSSR count). The number of benzene rings is 1. The van der Waals surface area contributed by atoms with Crippen LogP contribution in [0.4, 0.5) is 0 Å². The highest BCUT2D eigenvalue weighted by molar-refractivity contribution is 5.92. The van der Waals surface area contributed by atoms with Crippen molar-refractivity contribution in [2.45, 2.75) is 57.8 Å². The number of hydrogen-bond acceptors (Lipinski definition) is 4. The first kappa shape index (κ1) is 18.6. The van der Waals surface area contributed by atoms with Crippen LogP contribution in [0.25, 0.3) is 11.3 Å². The number of aromatic nitrogens is 2. The van der Waals surface area contributed by atoms with Crippen LogP contribution in [0.3, 0.4) is 0 Å². The van der Waals surface area contributed by atoms with Gasteiger partial charge in [-0.1, -0.05) is 12.1 Å². The van der Waals surface area contributed by atoms with Gasteiger partial charge in [-0.15, -0.1) is 0 Å². The van der Waals surface area contributed by atoms with Crippen LogP contribution < -0.4 is 5.73 Å². The summed E-state index contributed by atoms with van der Waals surface area (Å²) in [5, 5.41) is 9.29. The normalized spacial score (nSPS) is 23.6. The van der Waals surface area contributed by atoms with E-state index in [0.717, 1.165) is 49.8 Å². The van der Waals surface area contributed by atoms with Crippen LogP contribution in [-0.4, -0.2) is 27.0 Å². The fraction of sp³-hybridized carbons (Fsp3) is 0.455. The molecule has 0 saturated heterocycles. The predicted octanol–water partition coefficient (Wildman–Crippen LogP) is 3.32. The second-order valence-electron chi connectivity index (χ2n) is 8.22. The third-order valence-corrected chi connectivity index (χ3v) is 6.59. The number of primary amides is 1. The van der Waals surface area contributed by atoms with Gasteiger partial charge in [-0.05, 0) is 75.0 Å². The molecule has 3 N–H and O–H groups in total. The quantitative estimate of drug-likeness (QED) is 0.851. The monoisotopic (exact) mass is 379 g/mol. The maximum atomic E-state index is 11.7. The molecule has 1 spiro atoms. The van der Waals surface area contributed by atoms with Crippen molar-refractivity contribution in [1.29, 1.82) is 0 Å². The van der Waals surface area contributed by atoms with E-state index in [0.29, 0.717) is 11.4 Å². The molecule has 0 radical (unpaired) electrons. The first-order valence-electron chi connectivity index (χ1n) is 9.82. The molecule has 1 aromatic heterocycles. The van der Waals surface area contributed by atoms with Crippen LogP contribution in [0.1, 0.15) is 65.1 Å². The lowest BCUT2D eigenvalue weighted by Gasteiger charge is -2.37. The molecule has 2 aliphatic carbocycles. The molecule has 2 aliphatic rings. The Hall–Kier alpha value is -2.76. The van der Waals surface area contributed by atoms with E-state index in [4.69, 9.17) is 5.73 Å². The fourth-order valence-corrected chi connectivity index (χ4v) is 5.05. The van der Waals surface area contributed by atoms with E-state index >= 15 is 0 Å². The lowest BCUT2D eigenvalue weighted by molar-refractivity contribution is -0.143. The zero-order valence-electron chi connectivity index (χ0n) is 16.3. The number of carbonyl (C=O) groups is 2. The molecule has 1 aromatic carbocycles. The molecule has 6 nitrogen and oxygen atoms in total. The van der Waals surface area contributed by atoms with Crippen LogP contribution in [0.5, 0.6) is 0 Å². The summed E-state index contributed by atoms with van der Waals surface area (Å²) in [5.41, 5.74) is 11.4. The van der Waals surface area contributed by atoms with E-state index in [2.05, 4.69) is 22.1 Å². The Kier molecular flexibility index (Phi) is 4.44. The predicted molar refractivity (Wildman–Crippen MR) is 105 cm³/mol. The number of nitrogens with zero attached hydrogens (tertiary/aromatic N) is 2. The second-order valence-corrected chi connectivity index (χ2v) is 8.22. The minimum atomic E-state index is -0.665. The fourth-order valence-electron chi connectivity index (χ4n) is 5.05. The zero-order valence-corrected chi connectivity index (χ0v) is 16.3. The van der Waals surface area contributed by atoms with E-state index in [1.165, 1.54) is 11.1 Å². The van der Waals surface area contributed by atoms with Crippen molar-refractivity contribution >= 4 is 11.9 Å². The standard InChI is InChI=1S/C22H25N3O3/c1-12-18(25-19(20(23)26)13(2)24-12)16-3-4-17-15(11-16)7-10-22(17)8-5-14(6-9-22)21(27)28/h3-4,11,14H,5-10H2,1-2H3,(H2,23,26)(H,27,28)/t14-,22-. The highest BCUT2D eigenvalue weighted by Gasteiger charge is 2.42. The van der Waals surface area contributed by atoms with E-state index in [1.54, 1.807) is 6.92 Å². The van der Waals surface area contributed by atoms with E-state index in [-0.39, 0.29) is 17.0 Å². The van der Waals surface area contributed by atoms with Gasteiger partial charge in [-0.2, -0.15) is 0 Å². The smallest absolute Gasteiger partial charge is 0.306 e. The molecular weight excluding hydrogens is 354 g/mol. The molecule has 1 saturated carbocycles. The summed E-state index contributed by atoms with van der Waals surface area (Å²) >= 11 is 0. The van der Waals surface area contributed by atoms with Gasteiger partial charge in [0.2, 0.25) is 0 Å². The lowest BCUT2D eigenvalue weighted by Crippen LogP contribution is -2.32. The topological polar surface area (TPSA) is 106 Å². The van der Waals surface area contributed by atoms with Crippen molar-refractivity contribution in [3.8, 4) is 11.3 Å². The molecule has 1 heterocycles. The van der Waals surface area contributed by atoms with Gasteiger partial charge >= 0.3 is 5.97 Å². The summed E-state index contributed by atoms with van der Waals surface area (Å²) in [5.74, 6) is -1.43. The summed E-state index contributed by atoms with van der Waals surface area (Å²) in [6.07, 6.45) is 5.43. The lowest BCUT2D eigenvalue weighted by atomic mass is 9.67. The number of carboxylic acids is 1. The number of amides is 1. The molecule has 0 unspecified atom stereocenters. The van der Waals surface area contributed by atoms with Crippen molar-refractivity contribution in [3.05, 3.63) is 46.4 Å². The summed E-state index contributed by atoms with van der Waals surface area (Å²) < 4.78 is 0. The third-order valence-electron chi connectivity index (χ3n) is 6.59. The van der Waals surface area contributed by atoms with Gasteiger partial charge in [-0.25, -0.2) is 4.98 Å². The highest BCUT2D eigenvalue weighted by atomic mass is 16.4. The molecular formula is C22H25N3O3. The zero-order chi connectivity index (χ0) is 20.1. The van der Waals surface area contributed by atoms with Gasteiger partial charge < -0.3 is 10.8 Å². The Bertz CT molecular complexity index is 975. The summed E-state index contributed by atoms with van der Waals surface area (Å²) in [7, 11) is 0. The summed E-state index contributed by atoms with van der Waals surface area (Å²) in [4.78, 5) is 31.9. The number of hydrogen-bond donors (Lipinski definition) is 2. The first-order valence-corrected chi connectivity index (χ1v) is 9.82. The van der Waals surface area contributed by atoms with Crippen molar-refractivity contribution < 1.29 is 14.7 Å². The number of carboxylic acid groups (broad SMARTS) is 1. The Morgan fingerprint density at radius 3 is 2.46 bits per heavy atom. The van der Waals surface area contributed by atoms with Gasteiger partial charge in [0.25, 0.3) is 5.91 Å². The number of fused-ring (bicyclic) bond motifs is 2. The van der Waals surface area contributed by atoms with Crippen LogP contribution >= 0.6 is 0 Å². The van der Waals surface area contributed by atoms with Gasteiger partial charge in [0, 0.05) is 5.56 Å². The van der Waals surface area contributed by atoms with Crippen LogP contribution in [0, 0.1) is 19.8 Å². The number of aliphatic carboxylic acids is 1. The SMILES string of the molecule is Cc1nc(C)c(-c2ccc3c(c2)CC[C@]32CC[C@@H](C(=O)O)CC2)nc1C(N)=O. The van der Waals surface area contributed by atoms with E-state index in [9.17, 15) is 14.7 Å². The van der Waals surface area contributed by atoms with Crippen molar-refractivity contribution in [2.24, 2.45) is 11.7 Å².